The summed E-state index contributed by atoms with van der Waals surface area (Å²) < 4.78 is 41.9. The second-order valence-corrected chi connectivity index (χ2v) is 6.01. The fraction of sp³-hybridized carbons (Fsp3) is 0.0556. The summed E-state index contributed by atoms with van der Waals surface area (Å²) in [7, 11) is 0. The number of halogens is 3. The Balaban J connectivity index is 1.88. The first-order valence-electron chi connectivity index (χ1n) is 7.83. The molecule has 0 spiro atoms. The highest BCUT2D eigenvalue weighted by Gasteiger charge is 2.32. The summed E-state index contributed by atoms with van der Waals surface area (Å²) in [5.74, 6) is -1.36. The zero-order valence-corrected chi connectivity index (χ0v) is 14.9. The summed E-state index contributed by atoms with van der Waals surface area (Å²) in [6.07, 6.45) is -1.64. The molecular formula is C18H13F3N4O2S. The van der Waals surface area contributed by atoms with Gasteiger partial charge < -0.3 is 21.1 Å². The number of aromatic nitrogens is 1. The molecule has 2 aromatic carbocycles. The molecule has 6 nitrogen and oxygen atoms in total. The lowest BCUT2D eigenvalue weighted by Crippen LogP contribution is -2.23. The number of carbonyl (C=O) groups is 1. The van der Waals surface area contributed by atoms with Crippen molar-refractivity contribution in [3.8, 4) is 5.75 Å². The third-order valence-electron chi connectivity index (χ3n) is 3.67. The van der Waals surface area contributed by atoms with Crippen LogP contribution in [0, 0.1) is 0 Å². The Morgan fingerprint density at radius 1 is 1.11 bits per heavy atom. The molecule has 3 aromatic rings. The van der Waals surface area contributed by atoms with Crippen LogP contribution >= 0.6 is 12.2 Å². The van der Waals surface area contributed by atoms with Crippen LogP contribution in [-0.2, 0) is 0 Å². The van der Waals surface area contributed by atoms with Gasteiger partial charge >= 0.3 is 6.36 Å². The second-order valence-electron chi connectivity index (χ2n) is 5.60. The highest BCUT2D eigenvalue weighted by atomic mass is 32.1. The van der Waals surface area contributed by atoms with Crippen LogP contribution in [0.25, 0.3) is 10.8 Å². The van der Waals surface area contributed by atoms with Crippen LogP contribution in [0.3, 0.4) is 0 Å². The van der Waals surface area contributed by atoms with Crippen LogP contribution in [0.2, 0.25) is 0 Å². The summed E-state index contributed by atoms with van der Waals surface area (Å²) in [5, 5.41) is 7.20. The number of nitrogens with one attached hydrogen (secondary N) is 2. The maximum absolute atomic E-state index is 12.6. The Morgan fingerprint density at radius 2 is 1.86 bits per heavy atom. The van der Waals surface area contributed by atoms with Gasteiger partial charge in [-0.2, -0.15) is 0 Å². The van der Waals surface area contributed by atoms with Gasteiger partial charge in [0.25, 0.3) is 0 Å². The van der Waals surface area contributed by atoms with Crippen molar-refractivity contribution in [2.45, 2.75) is 6.36 Å². The van der Waals surface area contributed by atoms with Crippen LogP contribution in [0.5, 0.6) is 5.75 Å². The van der Waals surface area contributed by atoms with E-state index >= 15 is 0 Å². The topological polar surface area (TPSA) is 89.3 Å². The van der Waals surface area contributed by atoms with Gasteiger partial charge in [0, 0.05) is 34.4 Å². The minimum Gasteiger partial charge on any atom is -0.404 e. The van der Waals surface area contributed by atoms with E-state index in [9.17, 15) is 18.0 Å². The smallest absolute Gasteiger partial charge is 0.404 e. The summed E-state index contributed by atoms with van der Waals surface area (Å²) in [6, 6.07) is 10.4. The Labute approximate surface area is 162 Å². The van der Waals surface area contributed by atoms with Crippen molar-refractivity contribution >= 4 is 45.4 Å². The molecule has 4 N–H and O–H groups in total. The number of pyridine rings is 1. The molecule has 0 aliphatic rings. The minimum atomic E-state index is -4.91. The van der Waals surface area contributed by atoms with Gasteiger partial charge in [-0.1, -0.05) is 12.1 Å². The number of alkyl halides is 3. The predicted octanol–water partition coefficient (Wildman–Crippen LogP) is 4.04. The third kappa shape index (κ3) is 4.65. The zero-order chi connectivity index (χ0) is 20.3. The molecule has 0 unspecified atom stereocenters. The van der Waals surface area contributed by atoms with Crippen molar-refractivity contribution in [3.63, 3.8) is 0 Å². The van der Waals surface area contributed by atoms with Gasteiger partial charge in [0.05, 0.1) is 5.69 Å². The fourth-order valence-corrected chi connectivity index (χ4v) is 2.72. The first-order valence-corrected chi connectivity index (χ1v) is 8.24. The molecule has 0 bridgehead atoms. The van der Waals surface area contributed by atoms with Gasteiger partial charge in [0.15, 0.2) is 10.9 Å². The van der Waals surface area contributed by atoms with Crippen molar-refractivity contribution in [1.82, 2.24) is 4.98 Å². The van der Waals surface area contributed by atoms with E-state index < -0.39 is 18.0 Å². The number of ether oxygens (including phenoxy) is 1. The fourth-order valence-electron chi connectivity index (χ4n) is 2.50. The van der Waals surface area contributed by atoms with E-state index in [4.69, 9.17) is 18.0 Å². The van der Waals surface area contributed by atoms with E-state index in [-0.39, 0.29) is 16.4 Å². The average Bonchev–Trinajstić information content (AvgIpc) is 2.62. The maximum atomic E-state index is 12.6. The Morgan fingerprint density at radius 3 is 2.57 bits per heavy atom. The molecule has 1 amide bonds. The number of thiocarbonyl (C=S) groups is 1. The van der Waals surface area contributed by atoms with Crippen LogP contribution in [0.1, 0.15) is 10.4 Å². The normalized spacial score (nSPS) is 11.1. The molecule has 0 fully saturated rings. The number of rotatable bonds is 4. The van der Waals surface area contributed by atoms with Crippen molar-refractivity contribution in [2.75, 3.05) is 10.6 Å². The van der Waals surface area contributed by atoms with Crippen LogP contribution in [-0.4, -0.2) is 22.4 Å². The Hall–Kier alpha value is -3.40. The largest absolute Gasteiger partial charge is 0.573 e. The molecule has 0 aliphatic heterocycles. The number of benzene rings is 2. The standard InChI is InChI=1S/C18H13F3N4O2S/c19-18(20,21)27-15-5-4-10(16(22)26)8-14(15)25-17(28)24-13-3-1-2-11-9-23-7-6-12(11)13/h1-9H,(H2,22,26)(H2,24,25,28). The quantitative estimate of drug-likeness (QED) is 0.567. The molecule has 0 radical (unpaired) electrons. The van der Waals surface area contributed by atoms with Crippen LogP contribution < -0.4 is 21.1 Å². The number of nitrogens with zero attached hydrogens (tertiary/aromatic N) is 1. The lowest BCUT2D eigenvalue weighted by molar-refractivity contribution is -0.274. The summed E-state index contributed by atoms with van der Waals surface area (Å²) in [4.78, 5) is 15.4. The van der Waals surface area contributed by atoms with Crippen molar-refractivity contribution in [2.24, 2.45) is 5.73 Å². The van der Waals surface area contributed by atoms with E-state index in [1.807, 2.05) is 6.07 Å². The molecule has 0 saturated heterocycles. The molecule has 10 heteroatoms. The van der Waals surface area contributed by atoms with Gasteiger partial charge in [-0.15, -0.1) is 13.2 Å². The molecule has 1 heterocycles. The van der Waals surface area contributed by atoms with Crippen LogP contribution in [0.4, 0.5) is 24.5 Å². The monoisotopic (exact) mass is 406 g/mol. The Bertz CT molecular complexity index is 1050. The van der Waals surface area contributed by atoms with Gasteiger partial charge in [-0.25, -0.2) is 0 Å². The zero-order valence-electron chi connectivity index (χ0n) is 14.1. The number of nitrogens with two attached hydrogens (primary N) is 1. The number of carbonyl (C=O) groups excluding carboxylic acids is 1. The highest BCUT2D eigenvalue weighted by molar-refractivity contribution is 7.80. The van der Waals surface area contributed by atoms with Crippen LogP contribution in [0.15, 0.2) is 54.9 Å². The molecule has 1 aromatic heterocycles. The first kappa shape index (κ1) is 19.4. The Kier molecular flexibility index (Phi) is 5.32. The maximum Gasteiger partial charge on any atom is 0.573 e. The van der Waals surface area contributed by atoms with Gasteiger partial charge in [-0.05, 0) is 42.5 Å². The number of primary amides is 1. The molecule has 3 rings (SSSR count). The third-order valence-corrected chi connectivity index (χ3v) is 3.87. The van der Waals surface area contributed by atoms with Crippen molar-refractivity contribution < 1.29 is 22.7 Å². The molecule has 0 saturated carbocycles. The highest BCUT2D eigenvalue weighted by Crippen LogP contribution is 2.31. The lowest BCUT2D eigenvalue weighted by atomic mass is 10.1. The predicted molar refractivity (Wildman–Crippen MR) is 103 cm³/mol. The van der Waals surface area contributed by atoms with Gasteiger partial charge in [0.2, 0.25) is 5.91 Å². The van der Waals surface area contributed by atoms with E-state index in [1.54, 1.807) is 30.6 Å². The van der Waals surface area contributed by atoms with Crippen molar-refractivity contribution in [3.05, 3.63) is 60.4 Å². The summed E-state index contributed by atoms with van der Waals surface area (Å²) >= 11 is 5.20. The molecule has 28 heavy (non-hydrogen) atoms. The lowest BCUT2D eigenvalue weighted by Gasteiger charge is -2.17. The van der Waals surface area contributed by atoms with Gasteiger partial charge in [0.1, 0.15) is 0 Å². The van der Waals surface area contributed by atoms with E-state index in [2.05, 4.69) is 20.4 Å². The molecule has 144 valence electrons. The van der Waals surface area contributed by atoms with Crippen molar-refractivity contribution in [1.29, 1.82) is 0 Å². The number of fused-ring (bicyclic) bond motifs is 1. The van der Waals surface area contributed by atoms with E-state index in [1.165, 1.54) is 0 Å². The molecular weight excluding hydrogens is 393 g/mol. The molecule has 0 aliphatic carbocycles. The number of amides is 1. The minimum absolute atomic E-state index is 0.00189. The first-order chi connectivity index (χ1) is 13.2. The second kappa shape index (κ2) is 7.69. The van der Waals surface area contributed by atoms with E-state index in [0.717, 1.165) is 29.0 Å². The van der Waals surface area contributed by atoms with Gasteiger partial charge in [-0.3, -0.25) is 9.78 Å². The SMILES string of the molecule is NC(=O)c1ccc(OC(F)(F)F)c(NC(=S)Nc2cccc3cnccc23)c1. The number of anilines is 2. The average molecular weight is 406 g/mol. The summed E-state index contributed by atoms with van der Waals surface area (Å²) in [6.45, 7) is 0. The number of hydrogen-bond donors (Lipinski definition) is 3. The summed E-state index contributed by atoms with van der Waals surface area (Å²) in [5.41, 5.74) is 5.66. The van der Waals surface area contributed by atoms with E-state index in [0.29, 0.717) is 5.69 Å². The molecule has 0 atom stereocenters. The number of hydrogen-bond acceptors (Lipinski definition) is 4.